The van der Waals surface area contributed by atoms with Gasteiger partial charge in [-0.1, -0.05) is 30.4 Å². The first kappa shape index (κ1) is 10.5. The Morgan fingerprint density at radius 3 is 2.23 bits per heavy atom. The number of rotatable bonds is 2. The molecule has 0 fully saturated rings. The second-order valence-corrected chi connectivity index (χ2v) is 4.19. The van der Waals surface area contributed by atoms with Gasteiger partial charge < -0.3 is 4.90 Å². The van der Waals surface area contributed by atoms with E-state index in [0.717, 1.165) is 5.69 Å². The highest BCUT2D eigenvalue weighted by Gasteiger charge is 2.11. The van der Waals surface area contributed by atoms with Crippen molar-refractivity contribution in [1.29, 1.82) is 0 Å². The summed E-state index contributed by atoms with van der Waals surface area (Å²) in [6.45, 7) is 4.19. The van der Waals surface area contributed by atoms with E-state index < -0.39 is 0 Å². The molecule has 3 heteroatoms. The first-order valence-corrected chi connectivity index (χ1v) is 5.05. The molecule has 0 radical (unpaired) electrons. The molecule has 0 aromatic heterocycles. The van der Waals surface area contributed by atoms with Gasteiger partial charge in [-0.2, -0.15) is 0 Å². The zero-order valence-electron chi connectivity index (χ0n) is 7.77. The number of benzene rings is 1. The minimum absolute atomic E-state index is 0.340. The van der Waals surface area contributed by atoms with E-state index in [4.69, 9.17) is 12.2 Å². The van der Waals surface area contributed by atoms with E-state index in [-0.39, 0.29) is 0 Å². The van der Waals surface area contributed by atoms with Crippen LogP contribution in [0, 0.1) is 0 Å². The fourth-order valence-corrected chi connectivity index (χ4v) is 1.88. The summed E-state index contributed by atoms with van der Waals surface area (Å²) in [5.74, 6) is 0. The molecular weight excluding hydrogens is 198 g/mol. The maximum atomic E-state index is 5.07. The van der Waals surface area contributed by atoms with E-state index in [0.29, 0.717) is 10.4 Å². The molecule has 0 unspecified atom stereocenters. The van der Waals surface area contributed by atoms with Crippen molar-refractivity contribution in [2.24, 2.45) is 0 Å². The van der Waals surface area contributed by atoms with Crippen molar-refractivity contribution in [3.05, 3.63) is 30.3 Å². The Kier molecular flexibility index (Phi) is 3.75. The lowest BCUT2D eigenvalue weighted by molar-refractivity contribution is 0.818. The number of para-hydroxylation sites is 1. The first-order chi connectivity index (χ1) is 6.13. The van der Waals surface area contributed by atoms with E-state index in [1.807, 2.05) is 35.2 Å². The Labute approximate surface area is 90.2 Å². The van der Waals surface area contributed by atoms with Crippen LogP contribution in [0.25, 0.3) is 0 Å². The Bertz CT molecular complexity index is 282. The number of hydrogen-bond acceptors (Lipinski definition) is 1. The molecule has 0 amide bonds. The van der Waals surface area contributed by atoms with Crippen LogP contribution in [-0.2, 0) is 0 Å². The summed E-state index contributed by atoms with van der Waals surface area (Å²) in [5, 5.41) is 0. The van der Waals surface area contributed by atoms with Crippen molar-refractivity contribution in [1.82, 2.24) is 0 Å². The van der Waals surface area contributed by atoms with Gasteiger partial charge >= 0.3 is 0 Å². The largest absolute Gasteiger partial charge is 0.325 e. The minimum atomic E-state index is 0.340. The van der Waals surface area contributed by atoms with E-state index in [9.17, 15) is 0 Å². The zero-order chi connectivity index (χ0) is 9.84. The number of anilines is 1. The molecule has 0 N–H and O–H groups in total. The van der Waals surface area contributed by atoms with Crippen molar-refractivity contribution >= 4 is 34.9 Å². The first-order valence-electron chi connectivity index (χ1n) is 4.20. The van der Waals surface area contributed by atoms with Crippen LogP contribution in [0.3, 0.4) is 0 Å². The molecule has 0 saturated heterocycles. The summed E-state index contributed by atoms with van der Waals surface area (Å²) in [6.07, 6.45) is 0. The summed E-state index contributed by atoms with van der Waals surface area (Å²) in [7, 11) is 0. The summed E-state index contributed by atoms with van der Waals surface area (Å²) >= 11 is 9.27. The third-order valence-electron chi connectivity index (χ3n) is 1.76. The van der Waals surface area contributed by atoms with Crippen LogP contribution in [0.15, 0.2) is 30.3 Å². The van der Waals surface area contributed by atoms with Crippen LogP contribution in [0.5, 0.6) is 0 Å². The summed E-state index contributed by atoms with van der Waals surface area (Å²) < 4.78 is 0.612. The van der Waals surface area contributed by atoms with E-state index in [1.165, 1.54) is 0 Å². The maximum Gasteiger partial charge on any atom is 0.137 e. The fraction of sp³-hybridized carbons (Fsp3) is 0.300. The predicted octanol–water partition coefficient (Wildman–Crippen LogP) is 3.12. The Morgan fingerprint density at radius 2 is 1.85 bits per heavy atom. The standard InChI is InChI=1S/C10H13NS2/c1-8(2)11(10(12)13)9-6-4-3-5-7-9/h3-8H,1-2H3,(H,12,13). The van der Waals surface area contributed by atoms with Gasteiger partial charge in [-0.25, -0.2) is 0 Å². The van der Waals surface area contributed by atoms with E-state index in [2.05, 4.69) is 26.5 Å². The molecule has 0 aliphatic rings. The molecule has 70 valence electrons. The topological polar surface area (TPSA) is 3.24 Å². The lowest BCUT2D eigenvalue weighted by Crippen LogP contribution is -2.32. The van der Waals surface area contributed by atoms with Gasteiger partial charge in [0.15, 0.2) is 0 Å². The zero-order valence-corrected chi connectivity index (χ0v) is 9.48. The molecule has 0 aliphatic heterocycles. The van der Waals surface area contributed by atoms with Gasteiger partial charge in [-0.05, 0) is 26.0 Å². The fourth-order valence-electron chi connectivity index (χ4n) is 1.22. The molecule has 0 atom stereocenters. The predicted molar refractivity (Wildman–Crippen MR) is 65.6 cm³/mol. The van der Waals surface area contributed by atoms with E-state index in [1.54, 1.807) is 0 Å². The number of hydrogen-bond donors (Lipinski definition) is 1. The maximum absolute atomic E-state index is 5.07. The molecule has 0 saturated carbocycles. The SMILES string of the molecule is CC(C)N(C(=S)S)c1ccccc1. The molecule has 0 heterocycles. The van der Waals surface area contributed by atoms with Gasteiger partial charge in [-0.3, -0.25) is 0 Å². The lowest BCUT2D eigenvalue weighted by Gasteiger charge is -2.26. The monoisotopic (exact) mass is 211 g/mol. The van der Waals surface area contributed by atoms with Gasteiger partial charge in [0, 0.05) is 11.7 Å². The lowest BCUT2D eigenvalue weighted by atomic mass is 10.2. The van der Waals surface area contributed by atoms with Gasteiger partial charge in [0.05, 0.1) is 0 Å². The van der Waals surface area contributed by atoms with Crippen LogP contribution >= 0.6 is 24.8 Å². The Balaban J connectivity index is 2.96. The van der Waals surface area contributed by atoms with Gasteiger partial charge in [0.1, 0.15) is 4.32 Å². The molecule has 0 spiro atoms. The van der Waals surface area contributed by atoms with Crippen molar-refractivity contribution in [2.45, 2.75) is 19.9 Å². The Hall–Kier alpha value is -0.540. The smallest absolute Gasteiger partial charge is 0.137 e. The molecule has 0 aliphatic carbocycles. The van der Waals surface area contributed by atoms with Crippen LogP contribution in [-0.4, -0.2) is 10.4 Å². The molecule has 13 heavy (non-hydrogen) atoms. The van der Waals surface area contributed by atoms with Crippen LogP contribution < -0.4 is 4.90 Å². The molecular formula is C10H13NS2. The third-order valence-corrected chi connectivity index (χ3v) is 2.17. The van der Waals surface area contributed by atoms with Gasteiger partial charge in [0.25, 0.3) is 0 Å². The third kappa shape index (κ3) is 2.71. The summed E-state index contributed by atoms with van der Waals surface area (Å²) in [4.78, 5) is 2.01. The molecule has 1 rings (SSSR count). The van der Waals surface area contributed by atoms with Crippen molar-refractivity contribution < 1.29 is 0 Å². The Morgan fingerprint density at radius 1 is 1.31 bits per heavy atom. The summed E-state index contributed by atoms with van der Waals surface area (Å²) in [5.41, 5.74) is 1.09. The van der Waals surface area contributed by atoms with Crippen LogP contribution in [0.2, 0.25) is 0 Å². The average molecular weight is 211 g/mol. The number of nitrogens with zero attached hydrogens (tertiary/aromatic N) is 1. The average Bonchev–Trinajstić information content (AvgIpc) is 2.04. The highest BCUT2D eigenvalue weighted by Crippen LogP contribution is 2.18. The van der Waals surface area contributed by atoms with Gasteiger partial charge in [-0.15, -0.1) is 12.6 Å². The molecule has 0 bridgehead atoms. The number of thiocarbonyl (C=S) groups is 1. The van der Waals surface area contributed by atoms with Crippen LogP contribution in [0.1, 0.15) is 13.8 Å². The van der Waals surface area contributed by atoms with E-state index >= 15 is 0 Å². The van der Waals surface area contributed by atoms with Crippen molar-refractivity contribution in [3.63, 3.8) is 0 Å². The minimum Gasteiger partial charge on any atom is -0.325 e. The van der Waals surface area contributed by atoms with Crippen LogP contribution in [0.4, 0.5) is 5.69 Å². The van der Waals surface area contributed by atoms with Crippen molar-refractivity contribution in [2.75, 3.05) is 4.90 Å². The highest BCUT2D eigenvalue weighted by atomic mass is 32.1. The highest BCUT2D eigenvalue weighted by molar-refractivity contribution is 8.11. The van der Waals surface area contributed by atoms with Crippen molar-refractivity contribution in [3.8, 4) is 0 Å². The second-order valence-electron chi connectivity index (χ2n) is 3.08. The normalized spacial score (nSPS) is 10.2. The summed E-state index contributed by atoms with van der Waals surface area (Å²) in [6, 6.07) is 10.4. The molecule has 1 aromatic carbocycles. The molecule has 1 aromatic rings. The second kappa shape index (κ2) is 4.63. The quantitative estimate of drug-likeness (QED) is 0.591. The van der Waals surface area contributed by atoms with Gasteiger partial charge in [0.2, 0.25) is 0 Å². The number of thiol groups is 1. The molecule has 1 nitrogen and oxygen atoms in total.